The average Bonchev–Trinajstić information content (AvgIpc) is 2.66. The van der Waals surface area contributed by atoms with Crippen molar-refractivity contribution >= 4 is 11.9 Å². The maximum absolute atomic E-state index is 12.5. The Morgan fingerprint density at radius 1 is 1.00 bits per heavy atom. The Kier molecular flexibility index (Phi) is 5.55. The summed E-state index contributed by atoms with van der Waals surface area (Å²) in [6, 6.07) is 10.5. The summed E-state index contributed by atoms with van der Waals surface area (Å²) in [7, 11) is 0. The SMILES string of the molecule is CC(C)(C)c1ccc(CCC(=O)N2CCN(c3ncccn3)CC2)cc1. The number of aryl methyl sites for hydroxylation is 1. The highest BCUT2D eigenvalue weighted by Gasteiger charge is 2.22. The molecule has 0 bridgehead atoms. The molecule has 1 aromatic heterocycles. The number of aromatic nitrogens is 2. The van der Waals surface area contributed by atoms with Crippen molar-refractivity contribution in [2.24, 2.45) is 0 Å². The molecule has 1 saturated heterocycles. The Morgan fingerprint density at radius 2 is 1.62 bits per heavy atom. The fourth-order valence-corrected chi connectivity index (χ4v) is 3.19. The summed E-state index contributed by atoms with van der Waals surface area (Å²) >= 11 is 0. The quantitative estimate of drug-likeness (QED) is 0.849. The third-order valence-electron chi connectivity index (χ3n) is 4.91. The van der Waals surface area contributed by atoms with Crippen LogP contribution < -0.4 is 4.90 Å². The van der Waals surface area contributed by atoms with Gasteiger partial charge >= 0.3 is 0 Å². The number of hydrogen-bond acceptors (Lipinski definition) is 4. The van der Waals surface area contributed by atoms with Gasteiger partial charge in [-0.3, -0.25) is 4.79 Å². The van der Waals surface area contributed by atoms with E-state index in [1.807, 2.05) is 11.0 Å². The number of carbonyl (C=O) groups is 1. The molecule has 0 radical (unpaired) electrons. The standard InChI is InChI=1S/C21H28N4O/c1-21(2,3)18-8-5-17(6-9-18)7-10-19(26)24-13-15-25(16-14-24)20-22-11-4-12-23-20/h4-6,8-9,11-12H,7,10,13-16H2,1-3H3. The van der Waals surface area contributed by atoms with Crippen LogP contribution in [0.2, 0.25) is 0 Å². The zero-order valence-corrected chi connectivity index (χ0v) is 16.0. The number of benzene rings is 1. The summed E-state index contributed by atoms with van der Waals surface area (Å²) in [6.07, 6.45) is 4.87. The van der Waals surface area contributed by atoms with Crippen LogP contribution in [0.15, 0.2) is 42.7 Å². The van der Waals surface area contributed by atoms with Crippen LogP contribution in [-0.4, -0.2) is 47.0 Å². The van der Waals surface area contributed by atoms with Crippen molar-refractivity contribution in [3.8, 4) is 0 Å². The lowest BCUT2D eigenvalue weighted by Gasteiger charge is -2.34. The Balaban J connectivity index is 1.47. The minimum Gasteiger partial charge on any atom is -0.339 e. The number of piperazine rings is 1. The molecule has 0 saturated carbocycles. The summed E-state index contributed by atoms with van der Waals surface area (Å²) < 4.78 is 0. The highest BCUT2D eigenvalue weighted by molar-refractivity contribution is 5.76. The summed E-state index contributed by atoms with van der Waals surface area (Å²) in [5, 5.41) is 0. The molecule has 3 rings (SSSR count). The minimum absolute atomic E-state index is 0.163. The predicted octanol–water partition coefficient (Wildman–Crippen LogP) is 3.06. The lowest BCUT2D eigenvalue weighted by Crippen LogP contribution is -2.49. The topological polar surface area (TPSA) is 49.3 Å². The van der Waals surface area contributed by atoms with Crippen molar-refractivity contribution < 1.29 is 4.79 Å². The summed E-state index contributed by atoms with van der Waals surface area (Å²) in [5.74, 6) is 0.983. The molecule has 0 N–H and O–H groups in total. The molecule has 138 valence electrons. The van der Waals surface area contributed by atoms with Crippen molar-refractivity contribution in [1.29, 1.82) is 0 Å². The molecular formula is C21H28N4O. The smallest absolute Gasteiger partial charge is 0.225 e. The third kappa shape index (κ3) is 4.59. The molecule has 2 aromatic rings. The fraction of sp³-hybridized carbons (Fsp3) is 0.476. The van der Waals surface area contributed by atoms with Crippen LogP contribution in [-0.2, 0) is 16.6 Å². The van der Waals surface area contributed by atoms with Gasteiger partial charge in [-0.25, -0.2) is 9.97 Å². The van der Waals surface area contributed by atoms with Crippen LogP contribution in [0.1, 0.15) is 38.3 Å². The lowest BCUT2D eigenvalue weighted by molar-refractivity contribution is -0.131. The molecule has 1 amide bonds. The van der Waals surface area contributed by atoms with Crippen LogP contribution in [0, 0.1) is 0 Å². The Labute approximate surface area is 156 Å². The third-order valence-corrected chi connectivity index (χ3v) is 4.91. The second-order valence-corrected chi connectivity index (χ2v) is 7.86. The normalized spacial score (nSPS) is 15.2. The first-order valence-corrected chi connectivity index (χ1v) is 9.33. The number of anilines is 1. The van der Waals surface area contributed by atoms with E-state index in [4.69, 9.17) is 0 Å². The fourth-order valence-electron chi connectivity index (χ4n) is 3.19. The van der Waals surface area contributed by atoms with Gasteiger partial charge in [0.25, 0.3) is 0 Å². The number of carbonyl (C=O) groups excluding carboxylic acids is 1. The lowest BCUT2D eigenvalue weighted by atomic mass is 9.86. The van der Waals surface area contributed by atoms with Gasteiger partial charge in [0.1, 0.15) is 0 Å². The van der Waals surface area contributed by atoms with E-state index >= 15 is 0 Å². The number of amides is 1. The molecule has 26 heavy (non-hydrogen) atoms. The van der Waals surface area contributed by atoms with Crippen molar-refractivity contribution in [2.75, 3.05) is 31.1 Å². The van der Waals surface area contributed by atoms with Crippen LogP contribution >= 0.6 is 0 Å². The molecule has 1 aromatic carbocycles. The molecule has 0 spiro atoms. The monoisotopic (exact) mass is 352 g/mol. The largest absolute Gasteiger partial charge is 0.339 e. The van der Waals surface area contributed by atoms with Gasteiger partial charge in [0.2, 0.25) is 11.9 Å². The second-order valence-electron chi connectivity index (χ2n) is 7.86. The van der Waals surface area contributed by atoms with Gasteiger partial charge in [0.15, 0.2) is 0 Å². The summed E-state index contributed by atoms with van der Waals surface area (Å²) in [4.78, 5) is 25.2. The maximum atomic E-state index is 12.5. The van der Waals surface area contributed by atoms with Gasteiger partial charge in [0, 0.05) is 45.0 Å². The molecule has 0 unspecified atom stereocenters. The Hall–Kier alpha value is -2.43. The molecule has 0 aliphatic carbocycles. The molecule has 1 aliphatic rings. The van der Waals surface area contributed by atoms with Gasteiger partial charge in [-0.05, 0) is 29.0 Å². The summed E-state index contributed by atoms with van der Waals surface area (Å²) in [6.45, 7) is 9.69. The zero-order valence-electron chi connectivity index (χ0n) is 16.0. The van der Waals surface area contributed by atoms with Crippen molar-refractivity contribution in [3.05, 3.63) is 53.9 Å². The molecule has 1 aliphatic heterocycles. The van der Waals surface area contributed by atoms with Crippen LogP contribution in [0.25, 0.3) is 0 Å². The first kappa shape index (κ1) is 18.4. The first-order valence-electron chi connectivity index (χ1n) is 9.33. The van der Waals surface area contributed by atoms with Gasteiger partial charge in [-0.15, -0.1) is 0 Å². The highest BCUT2D eigenvalue weighted by Crippen LogP contribution is 2.22. The van der Waals surface area contributed by atoms with Gasteiger partial charge in [-0.1, -0.05) is 45.0 Å². The van der Waals surface area contributed by atoms with Crippen LogP contribution in [0.5, 0.6) is 0 Å². The Bertz CT molecular complexity index is 714. The second kappa shape index (κ2) is 7.85. The molecule has 5 heteroatoms. The summed E-state index contributed by atoms with van der Waals surface area (Å²) in [5.41, 5.74) is 2.71. The van der Waals surface area contributed by atoms with Crippen molar-refractivity contribution in [2.45, 2.75) is 39.0 Å². The number of hydrogen-bond donors (Lipinski definition) is 0. The number of rotatable bonds is 4. The van der Waals surface area contributed by atoms with E-state index in [2.05, 4.69) is 59.9 Å². The van der Waals surface area contributed by atoms with Gasteiger partial charge < -0.3 is 9.80 Å². The van der Waals surface area contributed by atoms with E-state index in [-0.39, 0.29) is 11.3 Å². The zero-order chi connectivity index (χ0) is 18.6. The number of nitrogens with zero attached hydrogens (tertiary/aromatic N) is 4. The van der Waals surface area contributed by atoms with E-state index in [0.717, 1.165) is 38.5 Å². The molecule has 2 heterocycles. The molecule has 5 nitrogen and oxygen atoms in total. The molecule has 0 atom stereocenters. The van der Waals surface area contributed by atoms with Crippen molar-refractivity contribution in [3.63, 3.8) is 0 Å². The predicted molar refractivity (Wildman–Crippen MR) is 104 cm³/mol. The van der Waals surface area contributed by atoms with E-state index in [1.165, 1.54) is 11.1 Å². The van der Waals surface area contributed by atoms with E-state index in [9.17, 15) is 4.79 Å². The van der Waals surface area contributed by atoms with E-state index in [1.54, 1.807) is 12.4 Å². The van der Waals surface area contributed by atoms with Crippen LogP contribution in [0.4, 0.5) is 5.95 Å². The minimum atomic E-state index is 0.163. The molecule has 1 fully saturated rings. The van der Waals surface area contributed by atoms with E-state index < -0.39 is 0 Å². The van der Waals surface area contributed by atoms with Gasteiger partial charge in [-0.2, -0.15) is 0 Å². The maximum Gasteiger partial charge on any atom is 0.225 e. The van der Waals surface area contributed by atoms with E-state index in [0.29, 0.717) is 6.42 Å². The highest BCUT2D eigenvalue weighted by atomic mass is 16.2. The average molecular weight is 352 g/mol. The first-order chi connectivity index (χ1) is 12.4. The van der Waals surface area contributed by atoms with Crippen molar-refractivity contribution in [1.82, 2.24) is 14.9 Å². The Morgan fingerprint density at radius 3 is 2.19 bits per heavy atom. The van der Waals surface area contributed by atoms with Gasteiger partial charge in [0.05, 0.1) is 0 Å². The molecular weight excluding hydrogens is 324 g/mol. The van der Waals surface area contributed by atoms with Crippen LogP contribution in [0.3, 0.4) is 0 Å².